The third-order valence-electron chi connectivity index (χ3n) is 7.08. The second kappa shape index (κ2) is 29.6. The Bertz CT molecular complexity index is 1010. The number of carbonyl (C=O) groups is 3. The number of aliphatic carboxylic acids is 1. The van der Waals surface area contributed by atoms with Gasteiger partial charge in [0.15, 0.2) is 0 Å². The third kappa shape index (κ3) is 25.5. The molecule has 0 aliphatic carbocycles. The summed E-state index contributed by atoms with van der Waals surface area (Å²) in [6, 6.07) is 18.7. The SMILES string of the molecule is C(OCC1CO1)C1CO1.C=CC(=O)O.CCCCCCCCOC(=O)c1ccccc1C(=O)OCCCCCCCC.c1ccccc1. The molecule has 9 heteroatoms. The first-order valence-electron chi connectivity index (χ1n) is 17.5. The Labute approximate surface area is 288 Å². The van der Waals surface area contributed by atoms with Gasteiger partial charge in [-0.05, 0) is 25.0 Å². The molecule has 2 heterocycles. The molecule has 0 spiro atoms. The number of ether oxygens (including phenoxy) is 5. The number of unbranched alkanes of at least 4 members (excludes halogenated alkanes) is 10. The number of esters is 2. The van der Waals surface area contributed by atoms with E-state index >= 15 is 0 Å². The molecule has 0 amide bonds. The van der Waals surface area contributed by atoms with Gasteiger partial charge in [-0.1, -0.05) is 133 Å². The molecule has 2 aliphatic heterocycles. The van der Waals surface area contributed by atoms with Crippen molar-refractivity contribution in [2.24, 2.45) is 0 Å². The van der Waals surface area contributed by atoms with Crippen LogP contribution in [0.5, 0.6) is 0 Å². The van der Waals surface area contributed by atoms with Crippen LogP contribution < -0.4 is 0 Å². The minimum Gasteiger partial charge on any atom is -0.478 e. The summed E-state index contributed by atoms with van der Waals surface area (Å²) < 4.78 is 25.8. The van der Waals surface area contributed by atoms with Crippen LogP contribution in [0.15, 0.2) is 73.3 Å². The number of benzene rings is 2. The molecule has 9 nitrogen and oxygen atoms in total. The molecular formula is C39H58O9. The summed E-state index contributed by atoms with van der Waals surface area (Å²) in [5.74, 6) is -1.87. The van der Waals surface area contributed by atoms with Crippen molar-refractivity contribution in [1.29, 1.82) is 0 Å². The molecule has 2 unspecified atom stereocenters. The van der Waals surface area contributed by atoms with E-state index in [-0.39, 0.29) is 0 Å². The highest BCUT2D eigenvalue weighted by atomic mass is 16.6. The van der Waals surface area contributed by atoms with Crippen molar-refractivity contribution in [2.75, 3.05) is 39.6 Å². The number of hydrogen-bond donors (Lipinski definition) is 1. The van der Waals surface area contributed by atoms with E-state index in [1.165, 1.54) is 51.4 Å². The molecule has 2 atom stereocenters. The molecule has 2 aromatic rings. The molecule has 0 radical (unpaired) electrons. The summed E-state index contributed by atoms with van der Waals surface area (Å²) in [4.78, 5) is 34.0. The quantitative estimate of drug-likeness (QED) is 0.0603. The zero-order valence-electron chi connectivity index (χ0n) is 29.2. The Balaban J connectivity index is 0.000000454. The molecule has 0 bridgehead atoms. The molecule has 2 saturated heterocycles. The fraction of sp³-hybridized carbons (Fsp3) is 0.564. The molecule has 2 fully saturated rings. The normalized spacial score (nSPS) is 15.1. The van der Waals surface area contributed by atoms with Crippen LogP contribution in [0, 0.1) is 0 Å². The van der Waals surface area contributed by atoms with Crippen molar-refractivity contribution in [2.45, 2.75) is 103 Å². The first kappa shape index (κ1) is 42.5. The van der Waals surface area contributed by atoms with Gasteiger partial charge in [0.1, 0.15) is 12.2 Å². The highest BCUT2D eigenvalue weighted by molar-refractivity contribution is 6.03. The van der Waals surface area contributed by atoms with Crippen molar-refractivity contribution in [3.05, 3.63) is 84.4 Å². The summed E-state index contributed by atoms with van der Waals surface area (Å²) in [5, 5.41) is 7.60. The summed E-state index contributed by atoms with van der Waals surface area (Å²) >= 11 is 0. The van der Waals surface area contributed by atoms with Crippen LogP contribution in [0.25, 0.3) is 0 Å². The van der Waals surface area contributed by atoms with Crippen molar-refractivity contribution >= 4 is 17.9 Å². The largest absolute Gasteiger partial charge is 0.478 e. The van der Waals surface area contributed by atoms with E-state index in [9.17, 15) is 14.4 Å². The second-order valence-electron chi connectivity index (χ2n) is 11.5. The second-order valence-corrected chi connectivity index (χ2v) is 11.5. The van der Waals surface area contributed by atoms with Gasteiger partial charge in [0, 0.05) is 6.08 Å². The maximum atomic E-state index is 12.4. The van der Waals surface area contributed by atoms with Crippen LogP contribution >= 0.6 is 0 Å². The fourth-order valence-corrected chi connectivity index (χ4v) is 4.13. The van der Waals surface area contributed by atoms with Gasteiger partial charge in [0.05, 0.1) is 50.8 Å². The van der Waals surface area contributed by atoms with Gasteiger partial charge in [-0.3, -0.25) is 0 Å². The molecule has 48 heavy (non-hydrogen) atoms. The maximum absolute atomic E-state index is 12.4. The molecule has 2 aliphatic rings. The summed E-state index contributed by atoms with van der Waals surface area (Å²) in [7, 11) is 0. The molecule has 0 aromatic heterocycles. The van der Waals surface area contributed by atoms with Crippen LogP contribution in [0.2, 0.25) is 0 Å². The minimum atomic E-state index is -0.981. The van der Waals surface area contributed by atoms with Crippen LogP contribution in [0.1, 0.15) is 112 Å². The highest BCUT2D eigenvalue weighted by Gasteiger charge is 2.26. The first-order chi connectivity index (χ1) is 23.4. The van der Waals surface area contributed by atoms with Crippen LogP contribution in [0.4, 0.5) is 0 Å². The number of hydrogen-bond acceptors (Lipinski definition) is 8. The summed E-state index contributed by atoms with van der Waals surface area (Å²) in [5.41, 5.74) is 0.586. The minimum absolute atomic E-state index is 0.293. The standard InChI is InChI=1S/C24H38O4.C6H10O3.C6H6.C3H4O2/c1-3-5-7-9-11-15-19-27-23(25)21-17-13-14-18-22(21)24(26)28-20-16-12-10-8-6-4-2;1(5-3-8-5)7-2-6-4-9-6;1-2-4-6-5-3-1;1-2-3(4)5/h13-14,17-18H,3-12,15-16,19-20H2,1-2H3;5-6H,1-4H2;1-6H;2H,1H2,(H,4,5). The number of carboxylic acid groups (broad SMARTS) is 1. The Hall–Kier alpha value is -3.53. The van der Waals surface area contributed by atoms with E-state index in [0.717, 1.165) is 58.2 Å². The summed E-state index contributed by atoms with van der Waals surface area (Å²) in [6.07, 6.45) is 15.2. The Morgan fingerprint density at radius 2 is 1.00 bits per heavy atom. The number of carboxylic acids is 1. The molecular weight excluding hydrogens is 612 g/mol. The monoisotopic (exact) mass is 670 g/mol. The van der Waals surface area contributed by atoms with Gasteiger partial charge >= 0.3 is 17.9 Å². The van der Waals surface area contributed by atoms with Crippen molar-refractivity contribution < 1.29 is 43.2 Å². The van der Waals surface area contributed by atoms with Gasteiger partial charge in [-0.25, -0.2) is 14.4 Å². The van der Waals surface area contributed by atoms with Crippen molar-refractivity contribution in [3.8, 4) is 0 Å². The zero-order chi connectivity index (χ0) is 35.1. The molecule has 4 rings (SSSR count). The van der Waals surface area contributed by atoms with E-state index in [1.807, 2.05) is 36.4 Å². The van der Waals surface area contributed by atoms with Crippen LogP contribution in [-0.4, -0.2) is 74.9 Å². The predicted molar refractivity (Wildman–Crippen MR) is 188 cm³/mol. The molecule has 268 valence electrons. The van der Waals surface area contributed by atoms with Gasteiger partial charge in [-0.2, -0.15) is 0 Å². The Kier molecular flexibility index (Phi) is 26.2. The third-order valence-corrected chi connectivity index (χ3v) is 7.08. The van der Waals surface area contributed by atoms with Crippen molar-refractivity contribution in [1.82, 2.24) is 0 Å². The van der Waals surface area contributed by atoms with Crippen LogP contribution in [-0.2, 0) is 28.5 Å². The van der Waals surface area contributed by atoms with Gasteiger partial charge < -0.3 is 28.8 Å². The summed E-state index contributed by atoms with van der Waals surface area (Å²) in [6.45, 7) is 11.4. The van der Waals surface area contributed by atoms with Crippen LogP contribution in [0.3, 0.4) is 0 Å². The van der Waals surface area contributed by atoms with E-state index in [1.54, 1.807) is 24.3 Å². The lowest BCUT2D eigenvalue weighted by Crippen LogP contribution is -2.15. The Morgan fingerprint density at radius 1 is 0.667 bits per heavy atom. The fourth-order valence-electron chi connectivity index (χ4n) is 4.13. The molecule has 0 saturated carbocycles. The first-order valence-corrected chi connectivity index (χ1v) is 17.5. The van der Waals surface area contributed by atoms with E-state index in [0.29, 0.717) is 36.5 Å². The smallest absolute Gasteiger partial charge is 0.339 e. The average molecular weight is 671 g/mol. The molecule has 2 aromatic carbocycles. The topological polar surface area (TPSA) is 124 Å². The lowest BCUT2D eigenvalue weighted by atomic mass is 10.1. The number of carbonyl (C=O) groups excluding carboxylic acids is 2. The van der Waals surface area contributed by atoms with E-state index in [4.69, 9.17) is 28.8 Å². The van der Waals surface area contributed by atoms with Gasteiger partial charge in [-0.15, -0.1) is 0 Å². The van der Waals surface area contributed by atoms with Gasteiger partial charge in [0.2, 0.25) is 0 Å². The highest BCUT2D eigenvalue weighted by Crippen LogP contribution is 2.14. The van der Waals surface area contributed by atoms with Crippen molar-refractivity contribution in [3.63, 3.8) is 0 Å². The van der Waals surface area contributed by atoms with E-state index < -0.39 is 17.9 Å². The lowest BCUT2D eigenvalue weighted by molar-refractivity contribution is -0.131. The number of rotatable bonds is 21. The average Bonchev–Trinajstić information content (AvgIpc) is 4.06. The van der Waals surface area contributed by atoms with E-state index in [2.05, 4.69) is 20.4 Å². The van der Waals surface area contributed by atoms with Gasteiger partial charge in [0.25, 0.3) is 0 Å². The maximum Gasteiger partial charge on any atom is 0.339 e. The Morgan fingerprint density at radius 3 is 1.31 bits per heavy atom. The zero-order valence-corrected chi connectivity index (χ0v) is 29.2. The lowest BCUT2D eigenvalue weighted by Gasteiger charge is -2.10. The number of epoxide rings is 2. The molecule has 1 N–H and O–H groups in total. The predicted octanol–water partition coefficient (Wildman–Crippen LogP) is 8.47.